The summed E-state index contributed by atoms with van der Waals surface area (Å²) >= 11 is 0. The highest BCUT2D eigenvalue weighted by Gasteiger charge is 2.30. The van der Waals surface area contributed by atoms with Crippen molar-refractivity contribution in [2.75, 3.05) is 31.2 Å². The van der Waals surface area contributed by atoms with Crippen molar-refractivity contribution in [3.8, 4) is 0 Å². The molecule has 1 aromatic carbocycles. The number of carbonyl (C=O) groups is 1. The van der Waals surface area contributed by atoms with Gasteiger partial charge < -0.3 is 16.0 Å². The number of carbonyl (C=O) groups excluding carboxylic acids is 1. The second-order valence-corrected chi connectivity index (χ2v) is 4.90. The Kier molecular flexibility index (Phi) is 6.02. The first kappa shape index (κ1) is 17.3. The molecule has 0 aromatic heterocycles. The number of hydrogen-bond acceptors (Lipinski definition) is 3. The molecule has 0 saturated carbocycles. The average Bonchev–Trinajstić information content (AvgIpc) is 2.38. The molecule has 118 valence electrons. The Labute approximate surface area is 122 Å². The van der Waals surface area contributed by atoms with E-state index in [1.165, 1.54) is 6.07 Å². The van der Waals surface area contributed by atoms with Crippen molar-refractivity contribution in [1.29, 1.82) is 0 Å². The van der Waals surface area contributed by atoms with E-state index in [0.29, 0.717) is 6.54 Å². The van der Waals surface area contributed by atoms with Gasteiger partial charge in [0, 0.05) is 13.0 Å². The zero-order valence-corrected chi connectivity index (χ0v) is 12.1. The van der Waals surface area contributed by atoms with Crippen LogP contribution in [0.3, 0.4) is 0 Å². The topological polar surface area (TPSA) is 58.4 Å². The highest BCUT2D eigenvalue weighted by molar-refractivity contribution is 5.94. The number of nitrogens with zero attached hydrogens (tertiary/aromatic N) is 1. The van der Waals surface area contributed by atoms with E-state index >= 15 is 0 Å². The summed E-state index contributed by atoms with van der Waals surface area (Å²) < 4.78 is 37.5. The lowest BCUT2D eigenvalue weighted by Gasteiger charge is -2.15. The number of nitrogens with one attached hydrogen (secondary N) is 1. The van der Waals surface area contributed by atoms with Gasteiger partial charge in [-0.2, -0.15) is 13.2 Å². The van der Waals surface area contributed by atoms with Crippen LogP contribution in [0.5, 0.6) is 0 Å². The summed E-state index contributed by atoms with van der Waals surface area (Å²) in [4.78, 5) is 13.7. The molecule has 0 spiro atoms. The van der Waals surface area contributed by atoms with E-state index < -0.39 is 11.7 Å². The summed E-state index contributed by atoms with van der Waals surface area (Å²) in [6, 6.07) is 2.89. The highest BCUT2D eigenvalue weighted by atomic mass is 19.4. The van der Waals surface area contributed by atoms with Crippen molar-refractivity contribution >= 4 is 17.3 Å². The third kappa shape index (κ3) is 5.63. The van der Waals surface area contributed by atoms with Gasteiger partial charge in [0.1, 0.15) is 0 Å². The fraction of sp³-hybridized carbons (Fsp3) is 0.500. The van der Waals surface area contributed by atoms with Crippen LogP contribution in [0.4, 0.5) is 24.5 Å². The molecule has 0 aliphatic heterocycles. The molecule has 0 saturated heterocycles. The molecule has 7 heteroatoms. The average molecular weight is 303 g/mol. The summed E-state index contributed by atoms with van der Waals surface area (Å²) in [6.07, 6.45) is -3.19. The van der Waals surface area contributed by atoms with Crippen molar-refractivity contribution < 1.29 is 18.0 Å². The lowest BCUT2D eigenvalue weighted by molar-refractivity contribution is -0.137. The molecule has 0 aliphatic rings. The zero-order chi connectivity index (χ0) is 16.0. The van der Waals surface area contributed by atoms with Gasteiger partial charge >= 0.3 is 6.18 Å². The lowest BCUT2D eigenvalue weighted by Crippen LogP contribution is -2.25. The SMILES string of the molecule is CCCN(C)CCC(=O)Nc1ccc(C(F)(F)F)cc1N. The summed E-state index contributed by atoms with van der Waals surface area (Å²) in [5.74, 6) is -0.274. The summed E-state index contributed by atoms with van der Waals surface area (Å²) in [7, 11) is 1.91. The maximum atomic E-state index is 12.5. The van der Waals surface area contributed by atoms with Crippen molar-refractivity contribution in [3.63, 3.8) is 0 Å². The van der Waals surface area contributed by atoms with Crippen molar-refractivity contribution in [2.45, 2.75) is 25.9 Å². The molecule has 0 atom stereocenters. The van der Waals surface area contributed by atoms with Crippen LogP contribution >= 0.6 is 0 Å². The Morgan fingerprint density at radius 1 is 1.33 bits per heavy atom. The Balaban J connectivity index is 2.61. The third-order valence-corrected chi connectivity index (χ3v) is 2.98. The van der Waals surface area contributed by atoms with Gasteiger partial charge in [0.15, 0.2) is 0 Å². The van der Waals surface area contributed by atoms with Gasteiger partial charge in [-0.1, -0.05) is 6.92 Å². The third-order valence-electron chi connectivity index (χ3n) is 2.98. The number of nitrogen functional groups attached to an aromatic ring is 1. The molecule has 3 N–H and O–H groups in total. The van der Waals surface area contributed by atoms with Gasteiger partial charge in [0.05, 0.1) is 16.9 Å². The molecule has 0 aliphatic carbocycles. The molecular weight excluding hydrogens is 283 g/mol. The molecular formula is C14H20F3N3O. The molecule has 0 bridgehead atoms. The van der Waals surface area contributed by atoms with Crippen molar-refractivity contribution in [2.24, 2.45) is 0 Å². The number of nitrogens with two attached hydrogens (primary N) is 1. The molecule has 0 fully saturated rings. The molecule has 0 radical (unpaired) electrons. The number of halogens is 3. The van der Waals surface area contributed by atoms with Gasteiger partial charge in [-0.05, 0) is 38.2 Å². The quantitative estimate of drug-likeness (QED) is 0.794. The Morgan fingerprint density at radius 2 is 2.00 bits per heavy atom. The van der Waals surface area contributed by atoms with E-state index in [2.05, 4.69) is 5.32 Å². The lowest BCUT2D eigenvalue weighted by atomic mass is 10.1. The monoisotopic (exact) mass is 303 g/mol. The second kappa shape index (κ2) is 7.31. The fourth-order valence-electron chi connectivity index (χ4n) is 1.85. The van der Waals surface area contributed by atoms with Gasteiger partial charge in [0.25, 0.3) is 0 Å². The van der Waals surface area contributed by atoms with E-state index in [1.54, 1.807) is 0 Å². The second-order valence-electron chi connectivity index (χ2n) is 4.90. The maximum Gasteiger partial charge on any atom is 0.416 e. The molecule has 1 rings (SSSR count). The summed E-state index contributed by atoms with van der Waals surface area (Å²) in [6.45, 7) is 3.51. The van der Waals surface area contributed by atoms with Crippen LogP contribution in [0.1, 0.15) is 25.3 Å². The first-order valence-corrected chi connectivity index (χ1v) is 6.69. The zero-order valence-electron chi connectivity index (χ0n) is 12.1. The minimum absolute atomic E-state index is 0.0971. The fourth-order valence-corrected chi connectivity index (χ4v) is 1.85. The predicted molar refractivity (Wildman–Crippen MR) is 76.9 cm³/mol. The number of benzene rings is 1. The largest absolute Gasteiger partial charge is 0.416 e. The van der Waals surface area contributed by atoms with E-state index in [-0.39, 0.29) is 23.7 Å². The number of amides is 1. The summed E-state index contributed by atoms with van der Waals surface area (Å²) in [5.41, 5.74) is 4.82. The first-order chi connectivity index (χ1) is 9.74. The van der Waals surface area contributed by atoms with Crippen LogP contribution in [0.15, 0.2) is 18.2 Å². The van der Waals surface area contributed by atoms with E-state index in [1.807, 2.05) is 18.9 Å². The van der Waals surface area contributed by atoms with Crippen LogP contribution in [-0.2, 0) is 11.0 Å². The Morgan fingerprint density at radius 3 is 2.52 bits per heavy atom. The molecule has 4 nitrogen and oxygen atoms in total. The Hall–Kier alpha value is -1.76. The Bertz CT molecular complexity index is 489. The number of hydrogen-bond donors (Lipinski definition) is 2. The summed E-state index contributed by atoms with van der Waals surface area (Å²) in [5, 5.41) is 2.53. The number of anilines is 2. The van der Waals surface area contributed by atoms with Crippen molar-refractivity contribution in [3.05, 3.63) is 23.8 Å². The number of alkyl halides is 3. The molecule has 0 unspecified atom stereocenters. The van der Waals surface area contributed by atoms with Crippen LogP contribution in [0.2, 0.25) is 0 Å². The van der Waals surface area contributed by atoms with E-state index in [9.17, 15) is 18.0 Å². The first-order valence-electron chi connectivity index (χ1n) is 6.69. The minimum Gasteiger partial charge on any atom is -0.397 e. The highest BCUT2D eigenvalue weighted by Crippen LogP contribution is 2.32. The molecule has 0 heterocycles. The normalized spacial score (nSPS) is 11.7. The van der Waals surface area contributed by atoms with Crippen LogP contribution in [0.25, 0.3) is 0 Å². The van der Waals surface area contributed by atoms with Gasteiger partial charge in [-0.15, -0.1) is 0 Å². The predicted octanol–water partition coefficient (Wildman–Crippen LogP) is 2.96. The van der Waals surface area contributed by atoms with Gasteiger partial charge in [-0.3, -0.25) is 4.79 Å². The number of rotatable bonds is 6. The standard InChI is InChI=1S/C14H20F3N3O/c1-3-7-20(2)8-6-13(21)19-12-5-4-10(9-11(12)18)14(15,16)17/h4-5,9H,3,6-8,18H2,1-2H3,(H,19,21). The maximum absolute atomic E-state index is 12.5. The van der Waals surface area contributed by atoms with Crippen LogP contribution < -0.4 is 11.1 Å². The molecule has 1 aromatic rings. The van der Waals surface area contributed by atoms with Crippen LogP contribution in [-0.4, -0.2) is 30.9 Å². The van der Waals surface area contributed by atoms with Gasteiger partial charge in [0.2, 0.25) is 5.91 Å². The van der Waals surface area contributed by atoms with E-state index in [0.717, 1.165) is 25.1 Å². The van der Waals surface area contributed by atoms with E-state index in [4.69, 9.17) is 5.73 Å². The molecule has 21 heavy (non-hydrogen) atoms. The molecule has 1 amide bonds. The smallest absolute Gasteiger partial charge is 0.397 e. The van der Waals surface area contributed by atoms with Crippen molar-refractivity contribution in [1.82, 2.24) is 4.90 Å². The van der Waals surface area contributed by atoms with Crippen LogP contribution in [0, 0.1) is 0 Å². The van der Waals surface area contributed by atoms with Gasteiger partial charge in [-0.25, -0.2) is 0 Å². The minimum atomic E-state index is -4.44.